The van der Waals surface area contributed by atoms with Crippen LogP contribution in [0.25, 0.3) is 0 Å². The number of allylic oxidation sites excluding steroid dienone is 2. The summed E-state index contributed by atoms with van der Waals surface area (Å²) < 4.78 is 1.42. The van der Waals surface area contributed by atoms with E-state index in [2.05, 4.69) is 29.9 Å². The van der Waals surface area contributed by atoms with Crippen LogP contribution in [-0.2, 0) is 0 Å². The van der Waals surface area contributed by atoms with Gasteiger partial charge in [0.05, 0.1) is 0 Å². The van der Waals surface area contributed by atoms with E-state index in [0.29, 0.717) is 0 Å². The van der Waals surface area contributed by atoms with Crippen LogP contribution in [0.15, 0.2) is 12.2 Å². The Morgan fingerprint density at radius 2 is 1.75 bits per heavy atom. The van der Waals surface area contributed by atoms with Crippen molar-refractivity contribution in [2.24, 2.45) is 0 Å². The summed E-state index contributed by atoms with van der Waals surface area (Å²) in [4.78, 5) is 0. The van der Waals surface area contributed by atoms with Gasteiger partial charge in [0, 0.05) is 0 Å². The van der Waals surface area contributed by atoms with Crippen molar-refractivity contribution in [1.82, 2.24) is 0 Å². The van der Waals surface area contributed by atoms with Crippen molar-refractivity contribution in [3.63, 3.8) is 0 Å². The van der Waals surface area contributed by atoms with Gasteiger partial charge >= 0.3 is 34.5 Å². The zero-order chi connectivity index (χ0) is 2.99. The molecule has 1 aliphatic carbocycles. The summed E-state index contributed by atoms with van der Waals surface area (Å²) in [6.07, 6.45) is 4.17. The van der Waals surface area contributed by atoms with E-state index in [-0.39, 0.29) is 0 Å². The topological polar surface area (TPSA) is 0 Å². The van der Waals surface area contributed by atoms with Crippen molar-refractivity contribution in [1.29, 1.82) is 0 Å². The average Bonchev–Trinajstić information content (AvgIpc) is 1.75. The van der Waals surface area contributed by atoms with E-state index in [1.807, 2.05) is 0 Å². The van der Waals surface area contributed by atoms with E-state index in [1.165, 1.54) is 4.59 Å². The normalized spacial score (nSPS) is 22.5. The number of hydrogen-bond donors (Lipinski definition) is 0. The van der Waals surface area contributed by atoms with Crippen molar-refractivity contribution in [3.8, 4) is 0 Å². The molecule has 1 aliphatic rings. The molecule has 0 spiro atoms. The Balaban J connectivity index is 2.32. The predicted octanol–water partition coefficient (Wildman–Crippen LogP) is 0.257. The molecule has 0 unspecified atom stereocenters. The first-order chi connectivity index (χ1) is 1.89. The third-order valence-electron chi connectivity index (χ3n) is 0.500. The second-order valence-corrected chi connectivity index (χ2v) is 1.08. The summed E-state index contributed by atoms with van der Waals surface area (Å²) in [6.45, 7) is 0. The van der Waals surface area contributed by atoms with Crippen molar-refractivity contribution in [2.75, 3.05) is 0 Å². The molecule has 0 amide bonds. The molecule has 0 aromatic heterocycles. The van der Waals surface area contributed by atoms with E-state index in [9.17, 15) is 0 Å². The van der Waals surface area contributed by atoms with E-state index >= 15 is 0 Å². The quantitative estimate of drug-likeness (QED) is 0.342. The van der Waals surface area contributed by atoms with Gasteiger partial charge in [-0.15, -0.1) is 0 Å². The Morgan fingerprint density at radius 3 is 1.75 bits per heavy atom. The first kappa shape index (κ1) is 2.57. The third-order valence-corrected chi connectivity index (χ3v) is 0.500. The summed E-state index contributed by atoms with van der Waals surface area (Å²) in [5.74, 6) is 0. The van der Waals surface area contributed by atoms with Crippen LogP contribution >= 0.6 is 0 Å². The zero-order valence-electron chi connectivity index (χ0n) is 2.65. The van der Waals surface area contributed by atoms with E-state index in [4.69, 9.17) is 0 Å². The van der Waals surface area contributed by atoms with Crippen LogP contribution in [0.3, 0.4) is 0 Å². The molecule has 0 aromatic carbocycles. The second-order valence-electron chi connectivity index (χ2n) is 1.08. The van der Waals surface area contributed by atoms with E-state index in [0.717, 1.165) is 0 Å². The molecule has 15 valence electrons. The maximum atomic E-state index is 2.08. The Labute approximate surface area is 35.1 Å². The van der Waals surface area contributed by atoms with E-state index < -0.39 is 0 Å². The molecule has 0 atom stereocenters. The summed E-state index contributed by atoms with van der Waals surface area (Å²) in [5, 5.41) is 0. The van der Waals surface area contributed by atoms with Crippen LogP contribution in [0.5, 0.6) is 0 Å². The maximum absolute atomic E-state index is 2.08. The molecule has 0 nitrogen and oxygen atoms in total. The first-order valence-corrected chi connectivity index (χ1v) is 1.41. The molecule has 0 heterocycles. The fraction of sp³-hybridized carbons (Fsp3) is 0. The van der Waals surface area contributed by atoms with Crippen molar-refractivity contribution in [2.45, 2.75) is 0 Å². The fourth-order valence-corrected chi connectivity index (χ4v) is 0.0833. The molecule has 0 saturated carbocycles. The van der Waals surface area contributed by atoms with Crippen LogP contribution in [0.2, 0.25) is 0 Å². The molecule has 0 bridgehead atoms. The third kappa shape index (κ3) is 0.375. The van der Waals surface area contributed by atoms with E-state index in [1.54, 1.807) is 0 Å². The molecule has 0 aromatic rings. The fourth-order valence-electron chi connectivity index (χ4n) is 0.0833. The molecule has 1 radical (unpaired) electrons. The second kappa shape index (κ2) is 0.640. The van der Waals surface area contributed by atoms with Crippen LogP contribution in [0.1, 0.15) is 0 Å². The summed E-state index contributed by atoms with van der Waals surface area (Å²) in [6, 6.07) is 0. The molecule has 1 heteroatoms. The summed E-state index contributed by atoms with van der Waals surface area (Å²) in [7, 11) is 0. The molecule has 0 aliphatic heterocycles. The van der Waals surface area contributed by atoms with Crippen LogP contribution < -0.4 is 0 Å². The Hall–Kier alpha value is 0.337. The van der Waals surface area contributed by atoms with Gasteiger partial charge in [-0.3, -0.25) is 0 Å². The minimum absolute atomic E-state index is 1.42. The standard InChI is InChI=1S/C3H2.Li/c1-2-3-1;/h1-2H;. The van der Waals surface area contributed by atoms with Gasteiger partial charge in [0.1, 0.15) is 0 Å². The van der Waals surface area contributed by atoms with Crippen LogP contribution in [0, 0.1) is 4.59 Å². The van der Waals surface area contributed by atoms with Gasteiger partial charge < -0.3 is 0 Å². The Kier molecular flexibility index (Phi) is 0.411. The van der Waals surface area contributed by atoms with Gasteiger partial charge in [0.25, 0.3) is 0 Å². The predicted molar refractivity (Wildman–Crippen MR) is 18.1 cm³/mol. The van der Waals surface area contributed by atoms with Crippen molar-refractivity contribution < 1.29 is 0 Å². The summed E-state index contributed by atoms with van der Waals surface area (Å²) >= 11 is 2.08. The molecular weight excluding hydrogens is 43.0 g/mol. The van der Waals surface area contributed by atoms with Gasteiger partial charge in [-0.25, -0.2) is 0 Å². The molecule has 4 heavy (non-hydrogen) atoms. The van der Waals surface area contributed by atoms with Gasteiger partial charge in [-0.2, -0.15) is 0 Å². The molecule has 0 N–H and O–H groups in total. The first-order valence-electron chi connectivity index (χ1n) is 1.41. The molecule has 0 fully saturated rings. The van der Waals surface area contributed by atoms with Crippen LogP contribution in [-0.4, -0.2) is 17.7 Å². The Morgan fingerprint density at radius 1 is 1.50 bits per heavy atom. The number of hydrogen-bond acceptors (Lipinski definition) is 0. The van der Waals surface area contributed by atoms with Crippen LogP contribution in [0.4, 0.5) is 0 Å². The monoisotopic (exact) mass is 45.0 g/mol. The van der Waals surface area contributed by atoms with Gasteiger partial charge in [-0.05, 0) is 0 Å². The molecule has 0 saturated heterocycles. The number of rotatable bonds is 0. The zero-order valence-corrected chi connectivity index (χ0v) is 2.65. The molecule has 1 rings (SSSR count). The van der Waals surface area contributed by atoms with Gasteiger partial charge in [0.2, 0.25) is 0 Å². The van der Waals surface area contributed by atoms with Crippen molar-refractivity contribution in [3.05, 3.63) is 16.7 Å². The SMILES string of the molecule is [Li][C]1C=C1. The van der Waals surface area contributed by atoms with Gasteiger partial charge in [0.15, 0.2) is 0 Å². The summed E-state index contributed by atoms with van der Waals surface area (Å²) in [5.41, 5.74) is 0. The minimum atomic E-state index is 1.42. The molecular formula is C3H2Li. The average molecular weight is 45.0 g/mol. The van der Waals surface area contributed by atoms with Gasteiger partial charge in [-0.1, -0.05) is 0 Å². The van der Waals surface area contributed by atoms with Crippen molar-refractivity contribution >= 4 is 17.7 Å². The Bertz CT molecular complexity index is 41.2.